The molecule has 3 aromatic rings. The molecule has 0 bridgehead atoms. The molecule has 1 aromatic heterocycles. The summed E-state index contributed by atoms with van der Waals surface area (Å²) in [6, 6.07) is 14.7. The Morgan fingerprint density at radius 1 is 1.21 bits per heavy atom. The summed E-state index contributed by atoms with van der Waals surface area (Å²) in [5, 5.41) is 6.02. The minimum atomic E-state index is 0.606. The number of aldehydes is 1. The summed E-state index contributed by atoms with van der Waals surface area (Å²) in [4.78, 5) is 17.4. The molecule has 1 saturated heterocycles. The number of nitrogens with zero attached hydrogens (tertiary/aromatic N) is 2. The highest BCUT2D eigenvalue weighted by atomic mass is 35.5. The number of aromatic nitrogens is 1. The van der Waals surface area contributed by atoms with Gasteiger partial charge in [-0.1, -0.05) is 54.1 Å². The van der Waals surface area contributed by atoms with Crippen LogP contribution in [0.5, 0.6) is 0 Å². The quantitative estimate of drug-likeness (QED) is 0.267. The maximum Gasteiger partial charge on any atom is 0.150 e. The van der Waals surface area contributed by atoms with Crippen molar-refractivity contribution < 1.29 is 4.79 Å². The summed E-state index contributed by atoms with van der Waals surface area (Å²) >= 11 is 5.71. The number of piperidine rings is 1. The summed E-state index contributed by atoms with van der Waals surface area (Å²) < 4.78 is 0. The van der Waals surface area contributed by atoms with Crippen molar-refractivity contribution in [3.05, 3.63) is 83.0 Å². The minimum Gasteiger partial charge on any atom is -0.371 e. The Kier molecular flexibility index (Phi) is 9.83. The first-order chi connectivity index (χ1) is 16.5. The third-order valence-corrected chi connectivity index (χ3v) is 7.33. The Morgan fingerprint density at radius 2 is 1.97 bits per heavy atom. The number of allylic oxidation sites excluding steroid dienone is 4. The summed E-state index contributed by atoms with van der Waals surface area (Å²) in [6.07, 6.45) is 11.4. The lowest BCUT2D eigenvalue weighted by Crippen LogP contribution is -2.41. The molecule has 2 aromatic carbocycles. The van der Waals surface area contributed by atoms with Crippen LogP contribution in [-0.2, 0) is 0 Å². The molecule has 178 valence electrons. The number of fused-ring (bicyclic) bond motifs is 1. The van der Waals surface area contributed by atoms with Crippen molar-refractivity contribution in [1.82, 2.24) is 10.3 Å². The molecule has 34 heavy (non-hydrogen) atoms. The van der Waals surface area contributed by atoms with Gasteiger partial charge in [0.15, 0.2) is 6.29 Å². The topological polar surface area (TPSA) is 45.2 Å². The van der Waals surface area contributed by atoms with Crippen molar-refractivity contribution in [3.8, 4) is 0 Å². The van der Waals surface area contributed by atoms with Crippen LogP contribution in [0, 0.1) is 0 Å². The maximum absolute atomic E-state index is 10.3. The van der Waals surface area contributed by atoms with E-state index in [-0.39, 0.29) is 0 Å². The van der Waals surface area contributed by atoms with Crippen LogP contribution in [0.1, 0.15) is 42.6 Å². The van der Waals surface area contributed by atoms with Crippen molar-refractivity contribution in [1.29, 1.82) is 0 Å². The van der Waals surface area contributed by atoms with E-state index < -0.39 is 0 Å². The van der Waals surface area contributed by atoms with Crippen LogP contribution in [0.25, 0.3) is 16.5 Å². The number of hydrogen-bond donors (Lipinski definition) is 1. The minimum absolute atomic E-state index is 0.606. The molecule has 2 heterocycles. The number of pyridine rings is 1. The lowest BCUT2D eigenvalue weighted by molar-refractivity contribution is 0.112. The van der Waals surface area contributed by atoms with Crippen molar-refractivity contribution in [2.24, 2.45) is 0 Å². The van der Waals surface area contributed by atoms with Gasteiger partial charge in [-0.25, -0.2) is 0 Å². The van der Waals surface area contributed by atoms with E-state index in [4.69, 9.17) is 11.6 Å². The second-order valence-corrected chi connectivity index (χ2v) is 9.33. The number of anilines is 1. The van der Waals surface area contributed by atoms with Gasteiger partial charge in [0.2, 0.25) is 0 Å². The van der Waals surface area contributed by atoms with Gasteiger partial charge >= 0.3 is 0 Å². The number of carbonyl (C=O) groups is 1. The molecule has 1 aliphatic heterocycles. The zero-order valence-electron chi connectivity index (χ0n) is 20.1. The van der Waals surface area contributed by atoms with Crippen LogP contribution in [0.4, 0.5) is 5.69 Å². The van der Waals surface area contributed by atoms with E-state index in [1.165, 1.54) is 35.1 Å². The third-order valence-electron chi connectivity index (χ3n) is 6.17. The van der Waals surface area contributed by atoms with Gasteiger partial charge < -0.3 is 10.2 Å². The fourth-order valence-electron chi connectivity index (χ4n) is 4.06. The SMILES string of the molecule is C/C=C\C=C(/C)c1ccc2c(N3CCC(NC)CC3)ccnc2c1.O=Cc1cccc(Cl)c1P. The van der Waals surface area contributed by atoms with Gasteiger partial charge in [-0.3, -0.25) is 9.78 Å². The van der Waals surface area contributed by atoms with Crippen molar-refractivity contribution in [2.45, 2.75) is 32.7 Å². The summed E-state index contributed by atoms with van der Waals surface area (Å²) in [6.45, 7) is 6.39. The van der Waals surface area contributed by atoms with Crippen LogP contribution in [0.15, 0.2) is 66.9 Å². The largest absolute Gasteiger partial charge is 0.371 e. The average molecular weight is 494 g/mol. The predicted molar refractivity (Wildman–Crippen MR) is 151 cm³/mol. The molecule has 4 nitrogen and oxygen atoms in total. The molecule has 0 amide bonds. The molecule has 1 N–H and O–H groups in total. The molecular weight excluding hydrogens is 461 g/mol. The van der Waals surface area contributed by atoms with Gasteiger partial charge in [0.25, 0.3) is 0 Å². The van der Waals surface area contributed by atoms with Crippen LogP contribution in [0.3, 0.4) is 0 Å². The van der Waals surface area contributed by atoms with Gasteiger partial charge in [0.1, 0.15) is 0 Å². The van der Waals surface area contributed by atoms with Gasteiger partial charge in [0, 0.05) is 47.0 Å². The molecule has 1 unspecified atom stereocenters. The molecule has 0 radical (unpaired) electrons. The first-order valence-electron chi connectivity index (χ1n) is 11.6. The van der Waals surface area contributed by atoms with Crippen LogP contribution in [0.2, 0.25) is 5.02 Å². The summed E-state index contributed by atoms with van der Waals surface area (Å²) in [5.74, 6) is 0. The molecule has 0 aliphatic carbocycles. The fraction of sp³-hybridized carbons (Fsp3) is 0.286. The maximum atomic E-state index is 10.3. The molecular formula is C28H33ClN3OP. The van der Waals surface area contributed by atoms with E-state index in [0.29, 0.717) is 16.6 Å². The second-order valence-electron chi connectivity index (χ2n) is 8.35. The lowest BCUT2D eigenvalue weighted by Gasteiger charge is -2.34. The first-order valence-corrected chi connectivity index (χ1v) is 12.5. The Hall–Kier alpha value is -2.52. The molecule has 0 spiro atoms. The Labute approximate surface area is 210 Å². The fourth-order valence-corrected chi connectivity index (χ4v) is 4.50. The molecule has 0 saturated carbocycles. The third kappa shape index (κ3) is 6.54. The average Bonchev–Trinajstić information content (AvgIpc) is 2.88. The van der Waals surface area contributed by atoms with Gasteiger partial charge in [-0.2, -0.15) is 0 Å². The van der Waals surface area contributed by atoms with Crippen molar-refractivity contribution in [2.75, 3.05) is 25.0 Å². The zero-order chi connectivity index (χ0) is 24.5. The standard InChI is InChI=1S/C21H27N3.C7H6ClOP/c1-4-5-6-16(2)17-7-8-19-20(15-17)23-12-9-21(19)24-13-10-18(22-3)11-14-24;8-6-3-1-2-5(4-9)7(6)10/h4-9,12,15,18,22H,10-11,13-14H2,1-3H3;1-4H,10H2/b5-4-,16-6+;. The number of halogens is 1. The van der Waals surface area contributed by atoms with Gasteiger partial charge in [-0.05, 0) is 68.4 Å². The summed E-state index contributed by atoms with van der Waals surface area (Å²) in [7, 11) is 4.49. The highest BCUT2D eigenvalue weighted by Gasteiger charge is 2.19. The molecule has 1 atom stereocenters. The number of benzene rings is 2. The molecule has 6 heteroatoms. The monoisotopic (exact) mass is 493 g/mol. The molecule has 4 rings (SSSR count). The first kappa shape index (κ1) is 26.1. The number of carbonyl (C=O) groups excluding carboxylic acids is 1. The van der Waals surface area contributed by atoms with Crippen LogP contribution >= 0.6 is 20.8 Å². The van der Waals surface area contributed by atoms with Crippen LogP contribution < -0.4 is 15.5 Å². The van der Waals surface area contributed by atoms with E-state index in [2.05, 4.69) is 80.9 Å². The Morgan fingerprint density at radius 3 is 2.62 bits per heavy atom. The molecule has 1 fully saturated rings. The van der Waals surface area contributed by atoms with E-state index in [0.717, 1.165) is 30.2 Å². The smallest absolute Gasteiger partial charge is 0.150 e. The summed E-state index contributed by atoms with van der Waals surface area (Å²) in [5.41, 5.74) is 5.51. The zero-order valence-corrected chi connectivity index (χ0v) is 22.0. The predicted octanol–water partition coefficient (Wildman–Crippen LogP) is 6.06. The van der Waals surface area contributed by atoms with E-state index in [1.807, 2.05) is 13.1 Å². The van der Waals surface area contributed by atoms with E-state index in [1.54, 1.807) is 18.2 Å². The van der Waals surface area contributed by atoms with Crippen LogP contribution in [-0.4, -0.2) is 37.4 Å². The highest BCUT2D eigenvalue weighted by molar-refractivity contribution is 7.28. The van der Waals surface area contributed by atoms with E-state index >= 15 is 0 Å². The van der Waals surface area contributed by atoms with Gasteiger partial charge in [-0.15, -0.1) is 9.24 Å². The Balaban J connectivity index is 0.000000271. The number of nitrogens with one attached hydrogen (secondary N) is 1. The van der Waals surface area contributed by atoms with E-state index in [9.17, 15) is 4.79 Å². The number of rotatable bonds is 5. The molecule has 1 aliphatic rings. The van der Waals surface area contributed by atoms with Gasteiger partial charge in [0.05, 0.1) is 5.52 Å². The normalized spacial score (nSPS) is 14.9. The number of hydrogen-bond acceptors (Lipinski definition) is 4. The van der Waals surface area contributed by atoms with Crippen molar-refractivity contribution in [3.63, 3.8) is 0 Å². The highest BCUT2D eigenvalue weighted by Crippen LogP contribution is 2.29. The Bertz CT molecular complexity index is 1180. The second kappa shape index (κ2) is 12.8. The lowest BCUT2D eigenvalue weighted by atomic mass is 10.0. The van der Waals surface area contributed by atoms with Crippen molar-refractivity contribution >= 4 is 54.6 Å².